The molecule has 2 aromatic carbocycles. The predicted octanol–water partition coefficient (Wildman–Crippen LogP) is 2.39. The van der Waals surface area contributed by atoms with E-state index in [4.69, 9.17) is 9.47 Å². The topological polar surface area (TPSA) is 84.9 Å². The number of sulfonamides is 1. The van der Waals surface area contributed by atoms with Crippen LogP contribution >= 0.6 is 0 Å². The zero-order valence-corrected chi connectivity index (χ0v) is 15.6. The van der Waals surface area contributed by atoms with Gasteiger partial charge in [-0.15, -0.1) is 0 Å². The number of ether oxygens (including phenoxy) is 2. The Hall–Kier alpha value is -2.88. The molecule has 1 N–H and O–H groups in total. The van der Waals surface area contributed by atoms with E-state index in [1.165, 1.54) is 26.4 Å². The largest absolute Gasteiger partial charge is 0.497 e. The number of amides is 1. The molecule has 2 rings (SSSR count). The number of rotatable bonds is 7. The Labute approximate surface area is 155 Å². The molecule has 146 valence electrons. The highest BCUT2D eigenvalue weighted by atomic mass is 32.2. The smallest absolute Gasteiger partial charge is 0.245 e. The fraction of sp³-hybridized carbons (Fsp3) is 0.235. The SMILES string of the molecule is COc1ccc(OC)c(N(CC(=O)Nc2ccc(F)cc2F)S(C)(=O)=O)c1. The van der Waals surface area contributed by atoms with Crippen molar-refractivity contribution in [2.45, 2.75) is 0 Å². The molecule has 0 atom stereocenters. The molecule has 0 spiro atoms. The minimum Gasteiger partial charge on any atom is -0.497 e. The summed E-state index contributed by atoms with van der Waals surface area (Å²) in [7, 11) is -1.15. The van der Waals surface area contributed by atoms with Gasteiger partial charge in [-0.2, -0.15) is 0 Å². The van der Waals surface area contributed by atoms with Crippen LogP contribution in [0.4, 0.5) is 20.2 Å². The van der Waals surface area contributed by atoms with Crippen molar-refractivity contribution in [2.24, 2.45) is 0 Å². The molecule has 0 aromatic heterocycles. The highest BCUT2D eigenvalue weighted by Crippen LogP contribution is 2.33. The number of nitrogens with zero attached hydrogens (tertiary/aromatic N) is 1. The van der Waals surface area contributed by atoms with Gasteiger partial charge in [0.1, 0.15) is 29.7 Å². The average molecular weight is 400 g/mol. The first-order chi connectivity index (χ1) is 12.7. The molecular weight excluding hydrogens is 382 g/mol. The van der Waals surface area contributed by atoms with Gasteiger partial charge in [0, 0.05) is 12.1 Å². The molecular formula is C17H18F2N2O5S. The number of nitrogens with one attached hydrogen (secondary N) is 1. The summed E-state index contributed by atoms with van der Waals surface area (Å²) in [4.78, 5) is 12.3. The molecule has 10 heteroatoms. The number of carbonyl (C=O) groups excluding carboxylic acids is 1. The molecule has 1 amide bonds. The van der Waals surface area contributed by atoms with Gasteiger partial charge in [0.25, 0.3) is 0 Å². The number of benzene rings is 2. The normalized spacial score (nSPS) is 11.0. The lowest BCUT2D eigenvalue weighted by Crippen LogP contribution is -2.37. The summed E-state index contributed by atoms with van der Waals surface area (Å²) < 4.78 is 62.1. The first-order valence-electron chi connectivity index (χ1n) is 7.60. The Kier molecular flexibility index (Phi) is 6.21. The van der Waals surface area contributed by atoms with Crippen molar-refractivity contribution in [1.29, 1.82) is 0 Å². The van der Waals surface area contributed by atoms with Crippen molar-refractivity contribution in [2.75, 3.05) is 36.6 Å². The van der Waals surface area contributed by atoms with Crippen LogP contribution in [-0.2, 0) is 14.8 Å². The van der Waals surface area contributed by atoms with Gasteiger partial charge in [0.05, 0.1) is 31.9 Å². The van der Waals surface area contributed by atoms with Crippen LogP contribution in [0.3, 0.4) is 0 Å². The highest BCUT2D eigenvalue weighted by Gasteiger charge is 2.25. The van der Waals surface area contributed by atoms with Crippen molar-refractivity contribution in [3.63, 3.8) is 0 Å². The number of halogens is 2. The number of hydrogen-bond acceptors (Lipinski definition) is 5. The maximum absolute atomic E-state index is 13.7. The lowest BCUT2D eigenvalue weighted by molar-refractivity contribution is -0.114. The molecule has 0 heterocycles. The van der Waals surface area contributed by atoms with Gasteiger partial charge in [-0.05, 0) is 24.3 Å². The fourth-order valence-electron chi connectivity index (χ4n) is 2.28. The van der Waals surface area contributed by atoms with E-state index in [1.807, 2.05) is 0 Å². The Morgan fingerprint density at radius 2 is 1.81 bits per heavy atom. The third kappa shape index (κ3) is 5.07. The number of methoxy groups -OCH3 is 2. The molecule has 0 aliphatic rings. The van der Waals surface area contributed by atoms with E-state index in [0.717, 1.165) is 22.7 Å². The molecule has 27 heavy (non-hydrogen) atoms. The Bertz CT molecular complexity index is 950. The summed E-state index contributed by atoms with van der Waals surface area (Å²) in [6.07, 6.45) is 0.914. The zero-order valence-electron chi connectivity index (χ0n) is 14.8. The van der Waals surface area contributed by atoms with E-state index < -0.39 is 34.1 Å². The summed E-state index contributed by atoms with van der Waals surface area (Å²) in [6.45, 7) is -0.654. The van der Waals surface area contributed by atoms with Crippen molar-refractivity contribution < 1.29 is 31.5 Å². The van der Waals surface area contributed by atoms with Crippen molar-refractivity contribution in [3.8, 4) is 11.5 Å². The second-order valence-electron chi connectivity index (χ2n) is 5.48. The van der Waals surface area contributed by atoms with E-state index in [0.29, 0.717) is 11.8 Å². The van der Waals surface area contributed by atoms with Crippen LogP contribution < -0.4 is 19.1 Å². The second-order valence-corrected chi connectivity index (χ2v) is 7.39. The van der Waals surface area contributed by atoms with E-state index in [9.17, 15) is 22.0 Å². The van der Waals surface area contributed by atoms with Gasteiger partial charge < -0.3 is 14.8 Å². The third-order valence-corrected chi connectivity index (χ3v) is 4.67. The van der Waals surface area contributed by atoms with Crippen LogP contribution in [0.2, 0.25) is 0 Å². The van der Waals surface area contributed by atoms with Crippen LogP contribution in [0, 0.1) is 11.6 Å². The van der Waals surface area contributed by atoms with E-state index >= 15 is 0 Å². The maximum Gasteiger partial charge on any atom is 0.245 e. The van der Waals surface area contributed by atoms with Crippen LogP contribution in [-0.4, -0.2) is 41.3 Å². The minimum absolute atomic E-state index is 0.0779. The Balaban J connectivity index is 2.34. The molecule has 0 bridgehead atoms. The molecule has 0 radical (unpaired) electrons. The number of hydrogen-bond donors (Lipinski definition) is 1. The molecule has 0 saturated carbocycles. The van der Waals surface area contributed by atoms with Gasteiger partial charge in [-0.3, -0.25) is 9.10 Å². The minimum atomic E-state index is -3.90. The summed E-state index contributed by atoms with van der Waals surface area (Å²) in [5, 5.41) is 2.22. The van der Waals surface area contributed by atoms with Gasteiger partial charge in [-0.25, -0.2) is 17.2 Å². The standard InChI is InChI=1S/C17H18F2N2O5S/c1-25-12-5-7-16(26-2)15(9-12)21(27(3,23)24)10-17(22)20-14-6-4-11(18)8-13(14)19/h4-9H,10H2,1-3H3,(H,20,22). The van der Waals surface area contributed by atoms with Crippen molar-refractivity contribution in [3.05, 3.63) is 48.0 Å². The molecule has 7 nitrogen and oxygen atoms in total. The van der Waals surface area contributed by atoms with Crippen LogP contribution in [0.15, 0.2) is 36.4 Å². The zero-order chi connectivity index (χ0) is 20.2. The van der Waals surface area contributed by atoms with Crippen LogP contribution in [0.1, 0.15) is 0 Å². The molecule has 0 unspecified atom stereocenters. The monoisotopic (exact) mass is 400 g/mol. The maximum atomic E-state index is 13.7. The quantitative estimate of drug-likeness (QED) is 0.772. The van der Waals surface area contributed by atoms with Gasteiger partial charge >= 0.3 is 0 Å². The van der Waals surface area contributed by atoms with E-state index in [-0.39, 0.29) is 17.1 Å². The Morgan fingerprint density at radius 1 is 1.11 bits per heavy atom. The first-order valence-corrected chi connectivity index (χ1v) is 9.45. The van der Waals surface area contributed by atoms with Gasteiger partial charge in [0.15, 0.2) is 0 Å². The lowest BCUT2D eigenvalue weighted by atomic mass is 10.2. The summed E-state index contributed by atoms with van der Waals surface area (Å²) in [5.41, 5.74) is -0.193. The Morgan fingerprint density at radius 3 is 2.37 bits per heavy atom. The lowest BCUT2D eigenvalue weighted by Gasteiger charge is -2.24. The highest BCUT2D eigenvalue weighted by molar-refractivity contribution is 7.92. The second kappa shape index (κ2) is 8.21. The third-order valence-electron chi connectivity index (χ3n) is 3.55. The summed E-state index contributed by atoms with van der Waals surface area (Å²) >= 11 is 0. The average Bonchev–Trinajstić information content (AvgIpc) is 2.60. The van der Waals surface area contributed by atoms with E-state index in [1.54, 1.807) is 6.07 Å². The van der Waals surface area contributed by atoms with Crippen LogP contribution in [0.5, 0.6) is 11.5 Å². The molecule has 0 aliphatic carbocycles. The van der Waals surface area contributed by atoms with Gasteiger partial charge in [0.2, 0.25) is 15.9 Å². The molecule has 2 aromatic rings. The molecule has 0 saturated heterocycles. The van der Waals surface area contributed by atoms with E-state index in [2.05, 4.69) is 5.32 Å². The molecule has 0 fully saturated rings. The molecule has 0 aliphatic heterocycles. The summed E-state index contributed by atoms with van der Waals surface area (Å²) in [5.74, 6) is -2.06. The fourth-order valence-corrected chi connectivity index (χ4v) is 3.14. The number of anilines is 2. The van der Waals surface area contributed by atoms with Crippen molar-refractivity contribution >= 4 is 27.3 Å². The summed E-state index contributed by atoms with van der Waals surface area (Å²) in [6, 6.07) is 7.07. The van der Waals surface area contributed by atoms with Crippen LogP contribution in [0.25, 0.3) is 0 Å². The first kappa shape index (κ1) is 20.4. The number of carbonyl (C=O) groups is 1. The predicted molar refractivity (Wildman–Crippen MR) is 96.7 cm³/mol. The van der Waals surface area contributed by atoms with Crippen molar-refractivity contribution in [1.82, 2.24) is 0 Å². The van der Waals surface area contributed by atoms with Gasteiger partial charge in [-0.1, -0.05) is 0 Å².